The largest absolute Gasteiger partial charge is 0.489 e. The highest BCUT2D eigenvalue weighted by Crippen LogP contribution is 2.43. The molecule has 1 aromatic rings. The average Bonchev–Trinajstić information content (AvgIpc) is 2.92. The van der Waals surface area contributed by atoms with Crippen molar-refractivity contribution in [3.63, 3.8) is 0 Å². The molecule has 2 fully saturated rings. The van der Waals surface area contributed by atoms with Crippen molar-refractivity contribution in [2.45, 2.75) is 31.9 Å². The molecule has 4 rings (SSSR count). The lowest BCUT2D eigenvalue weighted by Crippen LogP contribution is -2.32. The number of benzene rings is 1. The van der Waals surface area contributed by atoms with E-state index in [9.17, 15) is 9.59 Å². The number of piperidine rings is 1. The summed E-state index contributed by atoms with van der Waals surface area (Å²) in [5.41, 5.74) is 1.91. The Bertz CT molecular complexity index is 708. The van der Waals surface area contributed by atoms with Crippen molar-refractivity contribution in [2.24, 2.45) is 11.8 Å². The molecule has 3 N–H and O–H groups in total. The first-order valence-electron chi connectivity index (χ1n) is 8.59. The Balaban J connectivity index is 1.63. The summed E-state index contributed by atoms with van der Waals surface area (Å²) < 4.78 is 5.86. The van der Waals surface area contributed by atoms with Crippen molar-refractivity contribution in [1.29, 1.82) is 0 Å². The second-order valence-electron chi connectivity index (χ2n) is 7.12. The van der Waals surface area contributed by atoms with Gasteiger partial charge in [0.15, 0.2) is 0 Å². The molecule has 5 atom stereocenters. The molecule has 0 radical (unpaired) electrons. The number of ether oxygens (including phenoxy) is 1. The molecule has 0 bridgehead atoms. The van der Waals surface area contributed by atoms with E-state index in [1.54, 1.807) is 13.1 Å². The first-order chi connectivity index (χ1) is 11.5. The number of hydrogen-bond donors (Lipinski definition) is 3. The summed E-state index contributed by atoms with van der Waals surface area (Å²) in [6.07, 6.45) is -0.00409. The minimum Gasteiger partial charge on any atom is -0.489 e. The molecule has 0 aromatic heterocycles. The van der Waals surface area contributed by atoms with E-state index in [4.69, 9.17) is 4.74 Å². The van der Waals surface area contributed by atoms with Crippen molar-refractivity contribution >= 4 is 11.8 Å². The predicted molar refractivity (Wildman–Crippen MR) is 89.4 cm³/mol. The molecule has 6 heteroatoms. The summed E-state index contributed by atoms with van der Waals surface area (Å²) in [6, 6.07) is 3.79. The van der Waals surface area contributed by atoms with Gasteiger partial charge in [-0.1, -0.05) is 6.92 Å². The summed E-state index contributed by atoms with van der Waals surface area (Å²) in [4.78, 5) is 24.9. The Labute approximate surface area is 141 Å². The van der Waals surface area contributed by atoms with Crippen LogP contribution in [0.4, 0.5) is 0 Å². The van der Waals surface area contributed by atoms with Crippen LogP contribution in [0, 0.1) is 11.8 Å². The number of rotatable bonds is 3. The normalized spacial score (nSPS) is 32.5. The van der Waals surface area contributed by atoms with Gasteiger partial charge in [0.2, 0.25) is 0 Å². The van der Waals surface area contributed by atoms with Crippen LogP contribution in [0.25, 0.3) is 0 Å². The van der Waals surface area contributed by atoms with Gasteiger partial charge in [-0.2, -0.15) is 0 Å². The second-order valence-corrected chi connectivity index (χ2v) is 7.12. The van der Waals surface area contributed by atoms with E-state index >= 15 is 0 Å². The van der Waals surface area contributed by atoms with Crippen LogP contribution in [0.3, 0.4) is 0 Å². The Kier molecular flexibility index (Phi) is 3.53. The van der Waals surface area contributed by atoms with Crippen molar-refractivity contribution < 1.29 is 14.3 Å². The lowest BCUT2D eigenvalue weighted by Gasteiger charge is -2.12. The molecular weight excluding hydrogens is 306 g/mol. The zero-order valence-corrected chi connectivity index (χ0v) is 14.2. The molecule has 3 aliphatic rings. The van der Waals surface area contributed by atoms with Crippen LogP contribution in [0.15, 0.2) is 12.1 Å². The minimum atomic E-state index is -0.227. The SMILES string of the molecule is CNC(=O)c1cc(C(=O)N[C@H]2[C@@H]3CNC[C@@H]32)cc2c1O[C@H](C)[C@H]2C. The number of amides is 2. The Hall–Kier alpha value is -2.08. The maximum Gasteiger partial charge on any atom is 0.254 e. The lowest BCUT2D eigenvalue weighted by atomic mass is 9.94. The van der Waals surface area contributed by atoms with E-state index in [0.717, 1.165) is 18.7 Å². The fraction of sp³-hybridized carbons (Fsp3) is 0.556. The van der Waals surface area contributed by atoms with E-state index in [2.05, 4.69) is 22.9 Å². The van der Waals surface area contributed by atoms with Gasteiger partial charge in [0.1, 0.15) is 11.9 Å². The third-order valence-electron chi connectivity index (χ3n) is 5.74. The number of carbonyl (C=O) groups excluding carboxylic acids is 2. The van der Waals surface area contributed by atoms with Gasteiger partial charge in [0, 0.05) is 43.2 Å². The second kappa shape index (κ2) is 5.48. The van der Waals surface area contributed by atoms with E-state index in [1.807, 2.05) is 13.0 Å². The van der Waals surface area contributed by atoms with Gasteiger partial charge in [-0.15, -0.1) is 0 Å². The monoisotopic (exact) mass is 329 g/mol. The van der Waals surface area contributed by atoms with Crippen molar-refractivity contribution in [3.8, 4) is 5.75 Å². The topological polar surface area (TPSA) is 79.5 Å². The van der Waals surface area contributed by atoms with E-state index in [1.165, 1.54) is 0 Å². The maximum absolute atomic E-state index is 12.7. The van der Waals surface area contributed by atoms with Crippen LogP contribution in [-0.4, -0.2) is 44.1 Å². The van der Waals surface area contributed by atoms with Gasteiger partial charge >= 0.3 is 0 Å². The van der Waals surface area contributed by atoms with Gasteiger partial charge in [0.05, 0.1) is 5.56 Å². The minimum absolute atomic E-state index is 0.00409. The zero-order chi connectivity index (χ0) is 17.0. The number of carbonyl (C=O) groups is 2. The van der Waals surface area contributed by atoms with Gasteiger partial charge in [-0.05, 0) is 30.9 Å². The molecule has 6 nitrogen and oxygen atoms in total. The fourth-order valence-electron chi connectivity index (χ4n) is 3.96. The molecule has 0 unspecified atom stereocenters. The Morgan fingerprint density at radius 2 is 1.88 bits per heavy atom. The zero-order valence-electron chi connectivity index (χ0n) is 14.2. The predicted octanol–water partition coefficient (Wildman–Crippen LogP) is 0.878. The number of hydrogen-bond acceptors (Lipinski definition) is 4. The molecule has 2 heterocycles. The van der Waals surface area contributed by atoms with Crippen LogP contribution < -0.4 is 20.7 Å². The molecule has 0 spiro atoms. The summed E-state index contributed by atoms with van der Waals surface area (Å²) in [5.74, 6) is 1.55. The van der Waals surface area contributed by atoms with Crippen molar-refractivity contribution in [3.05, 3.63) is 28.8 Å². The number of nitrogens with one attached hydrogen (secondary N) is 3. The van der Waals surface area contributed by atoms with E-state index < -0.39 is 0 Å². The third-order valence-corrected chi connectivity index (χ3v) is 5.74. The lowest BCUT2D eigenvalue weighted by molar-refractivity contribution is 0.0946. The fourth-order valence-corrected chi connectivity index (χ4v) is 3.96. The van der Waals surface area contributed by atoms with Crippen LogP contribution in [0.2, 0.25) is 0 Å². The quantitative estimate of drug-likeness (QED) is 0.769. The van der Waals surface area contributed by atoms with Crippen molar-refractivity contribution in [1.82, 2.24) is 16.0 Å². The van der Waals surface area contributed by atoms with Crippen LogP contribution in [-0.2, 0) is 0 Å². The molecule has 24 heavy (non-hydrogen) atoms. The van der Waals surface area contributed by atoms with Crippen LogP contribution in [0.5, 0.6) is 5.75 Å². The molecular formula is C18H23N3O3. The van der Waals surface area contributed by atoms with Crippen LogP contribution in [0.1, 0.15) is 46.0 Å². The third kappa shape index (κ3) is 2.28. The smallest absolute Gasteiger partial charge is 0.254 e. The van der Waals surface area contributed by atoms with Gasteiger partial charge in [-0.3, -0.25) is 9.59 Å². The van der Waals surface area contributed by atoms with Gasteiger partial charge in [0.25, 0.3) is 11.8 Å². The van der Waals surface area contributed by atoms with E-state index in [0.29, 0.717) is 28.7 Å². The van der Waals surface area contributed by atoms with Crippen LogP contribution >= 0.6 is 0 Å². The van der Waals surface area contributed by atoms with Gasteiger partial charge in [-0.25, -0.2) is 0 Å². The van der Waals surface area contributed by atoms with Crippen molar-refractivity contribution in [2.75, 3.05) is 20.1 Å². The highest BCUT2D eigenvalue weighted by Gasteiger charge is 2.53. The standard InChI is InChI=1S/C18H23N3O3/c1-8-9(2)24-16-11(8)4-10(5-12(16)18(23)19-3)17(22)21-15-13-6-20-7-14(13)15/h4-5,8-9,13-15,20H,6-7H2,1-3H3,(H,19,23)(H,21,22)/t8-,9-,13-,14+,15+/m1/s1. The highest BCUT2D eigenvalue weighted by atomic mass is 16.5. The summed E-state index contributed by atoms with van der Waals surface area (Å²) >= 11 is 0. The molecule has 2 amide bonds. The summed E-state index contributed by atoms with van der Waals surface area (Å²) in [5, 5.41) is 9.08. The molecule has 1 saturated heterocycles. The highest BCUT2D eigenvalue weighted by molar-refractivity contribution is 6.02. The maximum atomic E-state index is 12.7. The molecule has 128 valence electrons. The molecule has 1 aromatic carbocycles. The molecule has 1 saturated carbocycles. The molecule has 1 aliphatic carbocycles. The summed E-state index contributed by atoms with van der Waals surface area (Å²) in [7, 11) is 1.58. The van der Waals surface area contributed by atoms with Gasteiger partial charge < -0.3 is 20.7 Å². The average molecular weight is 329 g/mol. The molecule has 2 aliphatic heterocycles. The Morgan fingerprint density at radius 3 is 2.54 bits per heavy atom. The first-order valence-corrected chi connectivity index (χ1v) is 8.59. The first kappa shape index (κ1) is 15.4. The van der Waals surface area contributed by atoms with E-state index in [-0.39, 0.29) is 29.9 Å². The summed E-state index contributed by atoms with van der Waals surface area (Å²) in [6.45, 7) is 6.00. The number of fused-ring (bicyclic) bond motifs is 2. The Morgan fingerprint density at radius 1 is 1.17 bits per heavy atom.